The highest BCUT2D eigenvalue weighted by atomic mass is 16.6. The Morgan fingerprint density at radius 2 is 0.893 bits per heavy atom. The quantitative estimate of drug-likeness (QED) is 0.0814. The molecule has 2 heterocycles. The number of hydrogen-bond acceptors (Lipinski definition) is 10. The molecule has 2 aromatic carbocycles. The lowest BCUT2D eigenvalue weighted by Crippen LogP contribution is -2.61. The molecule has 4 amide bonds. The van der Waals surface area contributed by atoms with Gasteiger partial charge in [0.05, 0.1) is 23.5 Å². The van der Waals surface area contributed by atoms with Crippen molar-refractivity contribution in [1.29, 1.82) is 0 Å². The summed E-state index contributed by atoms with van der Waals surface area (Å²) in [6.07, 6.45) is -1.55. The second-order valence-electron chi connectivity index (χ2n) is 14.1. The molecule has 0 spiro atoms. The fourth-order valence-electron chi connectivity index (χ4n) is 5.92. The predicted molar refractivity (Wildman–Crippen MR) is 209 cm³/mol. The van der Waals surface area contributed by atoms with Gasteiger partial charge in [0.15, 0.2) is 0 Å². The van der Waals surface area contributed by atoms with Crippen LogP contribution in [0.1, 0.15) is 50.2 Å². The summed E-state index contributed by atoms with van der Waals surface area (Å²) in [5.41, 5.74) is 2.57. The van der Waals surface area contributed by atoms with Crippen LogP contribution in [-0.4, -0.2) is 80.6 Å². The summed E-state index contributed by atoms with van der Waals surface area (Å²) in [4.78, 5) is 61.6. The third kappa shape index (κ3) is 13.8. The van der Waals surface area contributed by atoms with Crippen molar-refractivity contribution in [1.82, 2.24) is 31.2 Å². The first-order valence-electron chi connectivity index (χ1n) is 18.6. The van der Waals surface area contributed by atoms with Crippen LogP contribution in [-0.2, 0) is 45.1 Å². The number of nitrogens with one attached hydrogen (secondary N) is 4. The van der Waals surface area contributed by atoms with Crippen LogP contribution >= 0.6 is 0 Å². The Morgan fingerprint density at radius 1 is 0.536 bits per heavy atom. The molecule has 0 bridgehead atoms. The van der Waals surface area contributed by atoms with Crippen molar-refractivity contribution in [2.24, 2.45) is 11.8 Å². The summed E-state index contributed by atoms with van der Waals surface area (Å²) in [5, 5.41) is 34.7. The standard InChI is InChI=1S/C42H52N6O8/c1-27(2)35(47-41(53)55-25-31-19-11-13-21-43-31)39(51)45-33(23-29-15-7-5-8-16-29)37(49)38(50)34(24-30-17-9-6-10-18-30)46-40(52)36(28(3)4)48-42(54)56-26-32-20-12-14-22-44-32/h5-22,27-28,33-38,49-50H,23-26H2,1-4H3,(H,45,51)(H,46,52)(H,47,53)(H,48,54)/t33-,34-,35-,36-,37-,38+/m0/s1. The number of ether oxygens (including phenoxy) is 2. The lowest BCUT2D eigenvalue weighted by molar-refractivity contribution is -0.129. The van der Waals surface area contributed by atoms with E-state index in [4.69, 9.17) is 9.47 Å². The molecule has 0 unspecified atom stereocenters. The molecule has 0 aliphatic rings. The van der Waals surface area contributed by atoms with Gasteiger partial charge in [-0.1, -0.05) is 100 Å². The minimum Gasteiger partial charge on any atom is -0.443 e. The molecule has 0 aliphatic heterocycles. The molecule has 0 saturated carbocycles. The smallest absolute Gasteiger partial charge is 0.408 e. The fraction of sp³-hybridized carbons (Fsp3) is 0.381. The van der Waals surface area contributed by atoms with Crippen LogP contribution in [0.3, 0.4) is 0 Å². The van der Waals surface area contributed by atoms with E-state index in [9.17, 15) is 29.4 Å². The molecule has 0 fully saturated rings. The zero-order chi connectivity index (χ0) is 40.5. The van der Waals surface area contributed by atoms with Gasteiger partial charge in [-0.3, -0.25) is 19.6 Å². The van der Waals surface area contributed by atoms with E-state index in [0.29, 0.717) is 11.4 Å². The minimum atomic E-state index is -1.62. The van der Waals surface area contributed by atoms with Crippen LogP contribution in [0.15, 0.2) is 109 Å². The fourth-order valence-corrected chi connectivity index (χ4v) is 5.92. The predicted octanol–water partition coefficient (Wildman–Crippen LogP) is 3.86. The largest absolute Gasteiger partial charge is 0.443 e. The summed E-state index contributed by atoms with van der Waals surface area (Å²) < 4.78 is 10.6. The Balaban J connectivity index is 1.53. The lowest BCUT2D eigenvalue weighted by Gasteiger charge is -2.35. The van der Waals surface area contributed by atoms with Crippen LogP contribution in [0.5, 0.6) is 0 Å². The zero-order valence-corrected chi connectivity index (χ0v) is 32.1. The number of hydrogen-bond donors (Lipinski definition) is 6. The Bertz CT molecular complexity index is 1670. The number of aromatic nitrogens is 2. The molecule has 14 nitrogen and oxygen atoms in total. The van der Waals surface area contributed by atoms with Crippen molar-refractivity contribution < 1.29 is 38.9 Å². The van der Waals surface area contributed by atoms with Crippen molar-refractivity contribution in [3.8, 4) is 0 Å². The molecule has 0 radical (unpaired) electrons. The van der Waals surface area contributed by atoms with E-state index in [2.05, 4.69) is 31.2 Å². The normalized spacial score (nSPS) is 14.4. The zero-order valence-electron chi connectivity index (χ0n) is 32.1. The first-order valence-corrected chi connectivity index (χ1v) is 18.6. The molecule has 0 aliphatic carbocycles. The van der Waals surface area contributed by atoms with Crippen LogP contribution in [0.25, 0.3) is 0 Å². The molecule has 56 heavy (non-hydrogen) atoms. The number of nitrogens with zero attached hydrogens (tertiary/aromatic N) is 2. The van der Waals surface area contributed by atoms with E-state index in [1.807, 2.05) is 60.7 Å². The Kier molecular flexibility index (Phi) is 16.8. The highest BCUT2D eigenvalue weighted by Gasteiger charge is 2.37. The van der Waals surface area contributed by atoms with Gasteiger partial charge in [0.25, 0.3) is 0 Å². The average molecular weight is 769 g/mol. The summed E-state index contributed by atoms with van der Waals surface area (Å²) in [6, 6.07) is 24.3. The van der Waals surface area contributed by atoms with E-state index in [0.717, 1.165) is 11.1 Å². The molecule has 4 rings (SSSR count). The second-order valence-corrected chi connectivity index (χ2v) is 14.1. The van der Waals surface area contributed by atoms with Gasteiger partial charge >= 0.3 is 12.2 Å². The molecular formula is C42H52N6O8. The maximum atomic E-state index is 13.9. The van der Waals surface area contributed by atoms with Crippen molar-refractivity contribution >= 4 is 24.0 Å². The van der Waals surface area contributed by atoms with Crippen LogP contribution in [0.2, 0.25) is 0 Å². The van der Waals surface area contributed by atoms with Crippen molar-refractivity contribution in [2.45, 2.75) is 90.1 Å². The molecule has 14 heteroatoms. The van der Waals surface area contributed by atoms with Gasteiger partial charge in [-0.25, -0.2) is 9.59 Å². The summed E-state index contributed by atoms with van der Waals surface area (Å²) in [7, 11) is 0. The van der Waals surface area contributed by atoms with Gasteiger partial charge in [0.2, 0.25) is 11.8 Å². The van der Waals surface area contributed by atoms with Crippen LogP contribution in [0.4, 0.5) is 9.59 Å². The van der Waals surface area contributed by atoms with Crippen LogP contribution < -0.4 is 21.3 Å². The summed E-state index contributed by atoms with van der Waals surface area (Å²) in [5.74, 6) is -2.01. The third-order valence-electron chi connectivity index (χ3n) is 9.03. The first kappa shape index (κ1) is 42.9. The average Bonchev–Trinajstić information content (AvgIpc) is 3.20. The first-order chi connectivity index (χ1) is 26.9. The van der Waals surface area contributed by atoms with Crippen molar-refractivity contribution in [3.05, 3.63) is 132 Å². The number of pyridine rings is 2. The lowest BCUT2D eigenvalue weighted by atomic mass is 9.90. The number of carbonyl (C=O) groups is 4. The highest BCUT2D eigenvalue weighted by molar-refractivity contribution is 5.87. The molecule has 6 N–H and O–H groups in total. The number of aliphatic hydroxyl groups excluding tert-OH is 2. The molecule has 4 aromatic rings. The number of rotatable bonds is 19. The van der Waals surface area contributed by atoms with Gasteiger partial charge in [0, 0.05) is 12.4 Å². The monoisotopic (exact) mass is 768 g/mol. The van der Waals surface area contributed by atoms with Gasteiger partial charge in [-0.05, 0) is 60.1 Å². The number of amides is 4. The van der Waals surface area contributed by atoms with E-state index in [1.54, 1.807) is 76.5 Å². The van der Waals surface area contributed by atoms with Gasteiger partial charge < -0.3 is 41.0 Å². The minimum absolute atomic E-state index is 0.101. The molecule has 298 valence electrons. The van der Waals surface area contributed by atoms with Crippen LogP contribution in [0, 0.1) is 11.8 Å². The second kappa shape index (κ2) is 21.9. The molecule has 6 atom stereocenters. The maximum Gasteiger partial charge on any atom is 0.408 e. The summed E-state index contributed by atoms with van der Waals surface area (Å²) in [6.45, 7) is 6.79. The highest BCUT2D eigenvalue weighted by Crippen LogP contribution is 2.17. The Labute approximate surface area is 327 Å². The van der Waals surface area contributed by atoms with Gasteiger partial charge in [0.1, 0.15) is 37.5 Å². The van der Waals surface area contributed by atoms with Crippen molar-refractivity contribution in [3.63, 3.8) is 0 Å². The molecule has 2 aromatic heterocycles. The van der Waals surface area contributed by atoms with Gasteiger partial charge in [-0.2, -0.15) is 0 Å². The number of alkyl carbamates (subject to hydrolysis) is 2. The Morgan fingerprint density at radius 3 is 1.21 bits per heavy atom. The number of carbonyl (C=O) groups excluding carboxylic acids is 4. The Hall–Kier alpha value is -5.86. The van der Waals surface area contributed by atoms with Gasteiger partial charge in [-0.15, -0.1) is 0 Å². The number of benzene rings is 2. The number of aliphatic hydroxyl groups is 2. The molecule has 0 saturated heterocycles. The van der Waals surface area contributed by atoms with E-state index < -0.39 is 72.2 Å². The molecular weight excluding hydrogens is 716 g/mol. The van der Waals surface area contributed by atoms with Crippen molar-refractivity contribution in [2.75, 3.05) is 0 Å². The third-order valence-corrected chi connectivity index (χ3v) is 9.03. The maximum absolute atomic E-state index is 13.9. The van der Waals surface area contributed by atoms with E-state index in [-0.39, 0.29) is 26.1 Å². The van der Waals surface area contributed by atoms with E-state index >= 15 is 0 Å². The van der Waals surface area contributed by atoms with E-state index in [1.165, 1.54) is 0 Å². The summed E-state index contributed by atoms with van der Waals surface area (Å²) >= 11 is 0. The SMILES string of the molecule is CC(C)[C@H](NC(=O)OCc1ccccn1)C(=O)N[C@@H](Cc1ccccc1)[C@H](O)[C@H](O)[C@H](Cc1ccccc1)NC(=O)[C@@H](NC(=O)OCc1ccccn1)C(C)C. The topological polar surface area (TPSA) is 201 Å².